The van der Waals surface area contributed by atoms with E-state index in [1.807, 2.05) is 27.7 Å². The monoisotopic (exact) mass is 1010 g/mol. The van der Waals surface area contributed by atoms with Crippen molar-refractivity contribution in [3.63, 3.8) is 0 Å². The maximum atomic E-state index is 13.3. The summed E-state index contributed by atoms with van der Waals surface area (Å²) >= 11 is 0. The average molecular weight is 1020 g/mol. The third kappa shape index (κ3) is 32.0. The van der Waals surface area contributed by atoms with Gasteiger partial charge in [-0.3, -0.25) is 43.2 Å². The third-order valence-corrected chi connectivity index (χ3v) is 10.8. The number of unbranched alkanes of at least 4 members (excludes halogenated alkanes) is 3. The van der Waals surface area contributed by atoms with Gasteiger partial charge in [-0.25, -0.2) is 0 Å². The number of carbonyl (C=O) groups excluding carboxylic acids is 9. The predicted molar refractivity (Wildman–Crippen MR) is 271 cm³/mol. The Balaban J connectivity index is 2.82. The fourth-order valence-electron chi connectivity index (χ4n) is 6.74. The van der Waals surface area contributed by atoms with Crippen LogP contribution in [0.25, 0.3) is 10.4 Å². The molecule has 7 amide bonds. The lowest BCUT2D eigenvalue weighted by atomic mass is 10.0. The van der Waals surface area contributed by atoms with Crippen molar-refractivity contribution in [3.05, 3.63) is 39.8 Å². The second kappa shape index (κ2) is 41.5. The summed E-state index contributed by atoms with van der Waals surface area (Å²) < 4.78 is 17.1. The first-order valence-corrected chi connectivity index (χ1v) is 25.7. The molecular formula is C50H82N10O12. The van der Waals surface area contributed by atoms with Gasteiger partial charge in [-0.15, -0.1) is 0 Å². The second-order valence-corrected chi connectivity index (χ2v) is 17.1. The van der Waals surface area contributed by atoms with Crippen LogP contribution in [0.5, 0.6) is 5.75 Å². The maximum Gasteiger partial charge on any atom is 0.251 e. The van der Waals surface area contributed by atoms with Crippen molar-refractivity contribution in [3.8, 4) is 5.75 Å². The van der Waals surface area contributed by atoms with E-state index in [4.69, 9.17) is 19.7 Å². The van der Waals surface area contributed by atoms with E-state index in [0.717, 1.165) is 25.7 Å². The number of rotatable bonds is 44. The molecule has 0 saturated heterocycles. The van der Waals surface area contributed by atoms with Crippen molar-refractivity contribution < 1.29 is 57.4 Å². The summed E-state index contributed by atoms with van der Waals surface area (Å²) in [6.07, 6.45) is 7.66. The molecule has 0 aliphatic rings. The standard InChI is InChI=1S/C50H82N10O12/c1-5-9-16-43(62)41(17-19-44(63)52-23-6-2)58-46(65)21-30-70-32-27-55-48(67)37-34-38(36-40(35-37)72-29-13-15-39(61)14-11-10-12-26-57-60-51)49(68)56-28-33-71-31-22-47(66)59-42(50(69)54-25-8-4)18-20-45(64)53-24-7-3/h34-36,41-42H,5-33H2,1-4H3,(H,52,63)(H,53,64)(H,54,69)(H,55,67)(H,56,68)(H,58,65)(H,59,66). The smallest absolute Gasteiger partial charge is 0.251 e. The number of nitrogens with zero attached hydrogens (tertiary/aromatic N) is 3. The molecule has 0 spiro atoms. The van der Waals surface area contributed by atoms with E-state index in [1.165, 1.54) is 18.2 Å². The van der Waals surface area contributed by atoms with Gasteiger partial charge in [0.05, 0.1) is 39.1 Å². The number of ketones is 2. The van der Waals surface area contributed by atoms with Crippen LogP contribution in [0.4, 0.5) is 0 Å². The van der Waals surface area contributed by atoms with Gasteiger partial charge in [0.15, 0.2) is 5.78 Å². The van der Waals surface area contributed by atoms with Crippen LogP contribution in [0.3, 0.4) is 0 Å². The van der Waals surface area contributed by atoms with Crippen LogP contribution in [-0.4, -0.2) is 137 Å². The molecule has 0 fully saturated rings. The topological polar surface area (TPSA) is 314 Å². The minimum Gasteiger partial charge on any atom is -0.494 e. The van der Waals surface area contributed by atoms with Crippen LogP contribution in [0.1, 0.15) is 164 Å². The SMILES string of the molecule is CCCCC(=O)C(CCC(=O)NCCC)NC(=O)CCOCCNC(=O)c1cc(OCCCC(=O)CCCCCN=[N+]=[N-])cc(C(=O)NCCOCCC(=O)NC(CCC(=O)NCCC)C(=O)NCCC)c1. The molecule has 0 heterocycles. The van der Waals surface area contributed by atoms with E-state index in [-0.39, 0.29) is 137 Å². The lowest BCUT2D eigenvalue weighted by Crippen LogP contribution is -2.47. The van der Waals surface area contributed by atoms with Gasteiger partial charge in [0.1, 0.15) is 17.6 Å². The van der Waals surface area contributed by atoms with Gasteiger partial charge in [0.25, 0.3) is 11.8 Å². The molecule has 7 N–H and O–H groups in total. The van der Waals surface area contributed by atoms with Gasteiger partial charge in [-0.1, -0.05) is 45.7 Å². The molecule has 2 unspecified atom stereocenters. The summed E-state index contributed by atoms with van der Waals surface area (Å²) in [5, 5.41) is 22.7. The van der Waals surface area contributed by atoms with Crippen molar-refractivity contribution in [2.24, 2.45) is 5.11 Å². The molecule has 0 saturated carbocycles. The number of hydrogen-bond donors (Lipinski definition) is 7. The highest BCUT2D eigenvalue weighted by Gasteiger charge is 2.23. The van der Waals surface area contributed by atoms with Gasteiger partial charge < -0.3 is 51.4 Å². The largest absolute Gasteiger partial charge is 0.494 e. The van der Waals surface area contributed by atoms with E-state index in [2.05, 4.69) is 47.2 Å². The zero-order valence-electron chi connectivity index (χ0n) is 43.1. The Morgan fingerprint density at radius 1 is 0.514 bits per heavy atom. The van der Waals surface area contributed by atoms with Crippen LogP contribution in [0, 0.1) is 0 Å². The van der Waals surface area contributed by atoms with Gasteiger partial charge >= 0.3 is 0 Å². The highest BCUT2D eigenvalue weighted by Crippen LogP contribution is 2.19. The number of nitrogens with one attached hydrogen (secondary N) is 7. The van der Waals surface area contributed by atoms with Crippen LogP contribution >= 0.6 is 0 Å². The molecule has 22 heteroatoms. The molecule has 0 radical (unpaired) electrons. The minimum atomic E-state index is -0.890. The van der Waals surface area contributed by atoms with Crippen molar-refractivity contribution in [2.45, 2.75) is 155 Å². The molecule has 2 atom stereocenters. The summed E-state index contributed by atoms with van der Waals surface area (Å²) in [6, 6.07) is 2.67. The van der Waals surface area contributed by atoms with Crippen molar-refractivity contribution in [1.82, 2.24) is 37.2 Å². The molecule has 0 aromatic heterocycles. The Labute approximate surface area is 424 Å². The summed E-state index contributed by atoms with van der Waals surface area (Å²) in [6.45, 7) is 9.95. The van der Waals surface area contributed by atoms with Gasteiger partial charge in [0.2, 0.25) is 29.5 Å². The number of hydrogen-bond acceptors (Lipinski definition) is 13. The molecule has 0 aliphatic carbocycles. The molecule has 72 heavy (non-hydrogen) atoms. The Bertz CT molecular complexity index is 1770. The Morgan fingerprint density at radius 2 is 1.04 bits per heavy atom. The fourth-order valence-corrected chi connectivity index (χ4v) is 6.74. The van der Waals surface area contributed by atoms with Gasteiger partial charge in [0, 0.05) is 100 Å². The van der Waals surface area contributed by atoms with Crippen LogP contribution in [-0.2, 0) is 43.0 Å². The molecule has 0 aliphatic heterocycles. The molecular weight excluding hydrogens is 933 g/mol. The minimum absolute atomic E-state index is 0.00636. The summed E-state index contributed by atoms with van der Waals surface area (Å²) in [4.78, 5) is 117. The molecule has 1 aromatic rings. The predicted octanol–water partition coefficient (Wildman–Crippen LogP) is 4.43. The maximum absolute atomic E-state index is 13.3. The average Bonchev–Trinajstić information content (AvgIpc) is 3.37. The molecule has 1 aromatic carbocycles. The van der Waals surface area contributed by atoms with Crippen molar-refractivity contribution >= 4 is 52.9 Å². The number of carbonyl (C=O) groups is 9. The summed E-state index contributed by atoms with van der Waals surface area (Å²) in [5.41, 5.74) is 8.62. The first kappa shape index (κ1) is 63.9. The Kier molecular flexibility index (Phi) is 36.8. The normalized spacial score (nSPS) is 11.5. The summed E-state index contributed by atoms with van der Waals surface area (Å²) in [7, 11) is 0. The quantitative estimate of drug-likeness (QED) is 0.0207. The van der Waals surface area contributed by atoms with Gasteiger partial charge in [-0.05, 0) is 81.5 Å². The first-order chi connectivity index (χ1) is 34.8. The second-order valence-electron chi connectivity index (χ2n) is 17.1. The zero-order valence-corrected chi connectivity index (χ0v) is 43.1. The lowest BCUT2D eigenvalue weighted by molar-refractivity contribution is -0.130. The zero-order chi connectivity index (χ0) is 53.2. The highest BCUT2D eigenvalue weighted by molar-refractivity contribution is 6.00. The van der Waals surface area contributed by atoms with E-state index in [9.17, 15) is 43.2 Å². The Hall–Kier alpha value is -6.12. The number of ether oxygens (including phenoxy) is 3. The van der Waals surface area contributed by atoms with Gasteiger partial charge in [-0.2, -0.15) is 0 Å². The molecule has 404 valence electrons. The first-order valence-electron chi connectivity index (χ1n) is 25.7. The van der Waals surface area contributed by atoms with E-state index >= 15 is 0 Å². The number of azide groups is 1. The van der Waals surface area contributed by atoms with Crippen LogP contribution in [0.15, 0.2) is 23.3 Å². The highest BCUT2D eigenvalue weighted by atomic mass is 16.5. The molecule has 0 bridgehead atoms. The van der Waals surface area contributed by atoms with Crippen LogP contribution in [0.2, 0.25) is 0 Å². The lowest BCUT2D eigenvalue weighted by Gasteiger charge is -2.18. The van der Waals surface area contributed by atoms with E-state index in [1.54, 1.807) is 0 Å². The van der Waals surface area contributed by atoms with E-state index in [0.29, 0.717) is 71.1 Å². The number of amides is 7. The molecule has 1 rings (SSSR count). The summed E-state index contributed by atoms with van der Waals surface area (Å²) in [5.74, 6) is -2.51. The molecule has 22 nitrogen and oxygen atoms in total. The Morgan fingerprint density at radius 3 is 1.58 bits per heavy atom. The van der Waals surface area contributed by atoms with Crippen molar-refractivity contribution in [2.75, 3.05) is 72.3 Å². The third-order valence-electron chi connectivity index (χ3n) is 10.8. The number of Topliss-reactive ketones (excluding diaryl/α,β-unsaturated/α-hetero) is 2. The van der Waals surface area contributed by atoms with Crippen LogP contribution < -0.4 is 42.0 Å². The fraction of sp³-hybridized carbons (Fsp3) is 0.700. The van der Waals surface area contributed by atoms with E-state index < -0.39 is 35.7 Å². The number of benzene rings is 1. The van der Waals surface area contributed by atoms with Crippen molar-refractivity contribution in [1.29, 1.82) is 0 Å².